The second-order valence-electron chi connectivity index (χ2n) is 2.62. The fraction of sp³-hybridized carbons (Fsp3) is 1.00. The second kappa shape index (κ2) is 8.02. The van der Waals surface area contributed by atoms with E-state index < -0.39 is 0 Å². The average molecular weight is 275 g/mol. The van der Waals surface area contributed by atoms with Gasteiger partial charge in [0.2, 0.25) is 0 Å². The number of hydrogen-bond acceptors (Lipinski definition) is 1. The highest BCUT2D eigenvalue weighted by atomic mass is 79.9. The Morgan fingerprint density at radius 2 is 1.90 bits per heavy atom. The van der Waals surface area contributed by atoms with E-state index in [1.807, 2.05) is 0 Å². The van der Waals surface area contributed by atoms with Gasteiger partial charge in [-0.2, -0.15) is 0 Å². The van der Waals surface area contributed by atoms with Gasteiger partial charge in [0.05, 0.1) is 0 Å². The van der Waals surface area contributed by atoms with Gasteiger partial charge in [-0.15, -0.1) is 17.0 Å². The highest BCUT2D eigenvalue weighted by Crippen LogP contribution is 1.96. The van der Waals surface area contributed by atoms with Gasteiger partial charge in [0.1, 0.15) is 0 Å². The summed E-state index contributed by atoms with van der Waals surface area (Å²) in [6.45, 7) is 5.63. The van der Waals surface area contributed by atoms with Gasteiger partial charge in [0.15, 0.2) is 0 Å². The SMILES string of the molecule is Br.CC(C)N(C)CCCBr. The molecule has 0 spiro atoms. The van der Waals surface area contributed by atoms with Gasteiger partial charge in [-0.05, 0) is 33.9 Å². The summed E-state index contributed by atoms with van der Waals surface area (Å²) in [5, 5.41) is 1.12. The molecule has 64 valence electrons. The lowest BCUT2D eigenvalue weighted by Gasteiger charge is -2.19. The third-order valence-corrected chi connectivity index (χ3v) is 2.09. The van der Waals surface area contributed by atoms with Crippen LogP contribution in [0, 0.1) is 0 Å². The molecule has 0 aromatic rings. The quantitative estimate of drug-likeness (QED) is 0.713. The van der Waals surface area contributed by atoms with Crippen molar-refractivity contribution in [2.24, 2.45) is 0 Å². The maximum atomic E-state index is 3.40. The molecule has 0 aromatic heterocycles. The van der Waals surface area contributed by atoms with Crippen molar-refractivity contribution in [3.05, 3.63) is 0 Å². The zero-order chi connectivity index (χ0) is 7.28. The first-order valence-electron chi connectivity index (χ1n) is 3.44. The first-order valence-corrected chi connectivity index (χ1v) is 4.57. The summed E-state index contributed by atoms with van der Waals surface area (Å²) < 4.78 is 0. The number of alkyl halides is 1. The van der Waals surface area contributed by atoms with E-state index in [2.05, 4.69) is 41.7 Å². The normalized spacial score (nSPS) is 10.2. The standard InChI is InChI=1S/C7H16BrN.BrH/c1-7(2)9(3)6-4-5-8;/h7H,4-6H2,1-3H3;1H. The largest absolute Gasteiger partial charge is 0.304 e. The molecule has 3 heteroatoms. The van der Waals surface area contributed by atoms with Crippen LogP contribution in [0.4, 0.5) is 0 Å². The fourth-order valence-electron chi connectivity index (χ4n) is 0.567. The summed E-state index contributed by atoms with van der Waals surface area (Å²) in [6.07, 6.45) is 1.24. The van der Waals surface area contributed by atoms with E-state index >= 15 is 0 Å². The van der Waals surface area contributed by atoms with Crippen LogP contribution in [-0.2, 0) is 0 Å². The van der Waals surface area contributed by atoms with Crippen LogP contribution in [0.2, 0.25) is 0 Å². The maximum Gasteiger partial charge on any atom is 0.00434 e. The molecule has 0 saturated heterocycles. The summed E-state index contributed by atoms with van der Waals surface area (Å²) in [7, 11) is 2.16. The van der Waals surface area contributed by atoms with Crippen molar-refractivity contribution in [1.29, 1.82) is 0 Å². The highest BCUT2D eigenvalue weighted by Gasteiger charge is 1.99. The van der Waals surface area contributed by atoms with E-state index in [1.165, 1.54) is 13.0 Å². The smallest absolute Gasteiger partial charge is 0.00434 e. The number of rotatable bonds is 4. The number of hydrogen-bond donors (Lipinski definition) is 0. The molecule has 0 N–H and O–H groups in total. The molecule has 1 nitrogen and oxygen atoms in total. The van der Waals surface area contributed by atoms with E-state index in [1.54, 1.807) is 0 Å². The van der Waals surface area contributed by atoms with Crippen LogP contribution >= 0.6 is 32.9 Å². The van der Waals surface area contributed by atoms with E-state index in [0.717, 1.165) is 5.33 Å². The van der Waals surface area contributed by atoms with Crippen LogP contribution in [0.3, 0.4) is 0 Å². The molecule has 0 saturated carbocycles. The lowest BCUT2D eigenvalue weighted by molar-refractivity contribution is 0.276. The average Bonchev–Trinajstić information content (AvgIpc) is 1.82. The van der Waals surface area contributed by atoms with Crippen molar-refractivity contribution in [2.45, 2.75) is 26.3 Å². The molecule has 0 aliphatic rings. The van der Waals surface area contributed by atoms with Gasteiger partial charge in [0, 0.05) is 11.4 Å². The predicted octanol–water partition coefficient (Wildman–Crippen LogP) is 2.69. The number of halogens is 2. The van der Waals surface area contributed by atoms with Gasteiger partial charge in [0.25, 0.3) is 0 Å². The maximum absolute atomic E-state index is 3.40. The predicted molar refractivity (Wildman–Crippen MR) is 56.5 cm³/mol. The highest BCUT2D eigenvalue weighted by molar-refractivity contribution is 9.09. The molecule has 0 unspecified atom stereocenters. The van der Waals surface area contributed by atoms with Crippen molar-refractivity contribution >= 4 is 32.9 Å². The third kappa shape index (κ3) is 7.03. The van der Waals surface area contributed by atoms with Gasteiger partial charge < -0.3 is 4.90 Å². The molecule has 0 bridgehead atoms. The zero-order valence-corrected chi connectivity index (χ0v) is 10.2. The molecule has 0 heterocycles. The lowest BCUT2D eigenvalue weighted by Crippen LogP contribution is -2.27. The molecule has 0 amide bonds. The topological polar surface area (TPSA) is 3.24 Å². The van der Waals surface area contributed by atoms with Crippen LogP contribution in [0.15, 0.2) is 0 Å². The molecule has 0 atom stereocenters. The molecule has 0 fully saturated rings. The van der Waals surface area contributed by atoms with Gasteiger partial charge in [-0.25, -0.2) is 0 Å². The number of nitrogens with zero attached hydrogens (tertiary/aromatic N) is 1. The first kappa shape index (κ1) is 13.5. The molecule has 0 rings (SSSR count). The zero-order valence-electron chi connectivity index (χ0n) is 6.93. The summed E-state index contributed by atoms with van der Waals surface area (Å²) >= 11 is 3.40. The Morgan fingerprint density at radius 3 is 2.20 bits per heavy atom. The van der Waals surface area contributed by atoms with Crippen molar-refractivity contribution < 1.29 is 0 Å². The monoisotopic (exact) mass is 273 g/mol. The Balaban J connectivity index is 0. The Labute approximate surface area is 83.1 Å². The minimum Gasteiger partial charge on any atom is -0.304 e. The van der Waals surface area contributed by atoms with E-state index in [-0.39, 0.29) is 17.0 Å². The van der Waals surface area contributed by atoms with E-state index in [0.29, 0.717) is 6.04 Å². The first-order chi connectivity index (χ1) is 4.18. The van der Waals surface area contributed by atoms with Crippen LogP contribution in [0.25, 0.3) is 0 Å². The van der Waals surface area contributed by atoms with E-state index in [4.69, 9.17) is 0 Å². The summed E-state index contributed by atoms with van der Waals surface area (Å²) in [5.74, 6) is 0. The summed E-state index contributed by atoms with van der Waals surface area (Å²) in [6, 6.07) is 0.684. The van der Waals surface area contributed by atoms with Crippen molar-refractivity contribution in [2.75, 3.05) is 18.9 Å². The molecule has 0 radical (unpaired) electrons. The van der Waals surface area contributed by atoms with E-state index in [9.17, 15) is 0 Å². The van der Waals surface area contributed by atoms with Crippen LogP contribution < -0.4 is 0 Å². The van der Waals surface area contributed by atoms with Crippen LogP contribution in [-0.4, -0.2) is 29.9 Å². The Hall–Kier alpha value is 0.920. The van der Waals surface area contributed by atoms with Crippen molar-refractivity contribution in [3.63, 3.8) is 0 Å². The van der Waals surface area contributed by atoms with Gasteiger partial charge >= 0.3 is 0 Å². The lowest BCUT2D eigenvalue weighted by atomic mass is 10.3. The molecular weight excluding hydrogens is 258 g/mol. The van der Waals surface area contributed by atoms with Crippen molar-refractivity contribution in [1.82, 2.24) is 4.90 Å². The minimum absolute atomic E-state index is 0. The molecule has 10 heavy (non-hydrogen) atoms. The molecular formula is C7H17Br2N. The summed E-state index contributed by atoms with van der Waals surface area (Å²) in [4.78, 5) is 2.35. The Kier molecular flexibility index (Phi) is 10.8. The Bertz CT molecular complexity index is 66.6. The fourth-order valence-corrected chi connectivity index (χ4v) is 0.818. The minimum atomic E-state index is 0. The van der Waals surface area contributed by atoms with Gasteiger partial charge in [-0.1, -0.05) is 15.9 Å². The van der Waals surface area contributed by atoms with Gasteiger partial charge in [-0.3, -0.25) is 0 Å². The molecule has 0 aliphatic heterocycles. The Morgan fingerprint density at radius 1 is 1.40 bits per heavy atom. The van der Waals surface area contributed by atoms with Crippen molar-refractivity contribution in [3.8, 4) is 0 Å². The second-order valence-corrected chi connectivity index (χ2v) is 3.41. The third-order valence-electron chi connectivity index (χ3n) is 1.53. The summed E-state index contributed by atoms with van der Waals surface area (Å²) in [5.41, 5.74) is 0. The van der Waals surface area contributed by atoms with Crippen LogP contribution in [0.1, 0.15) is 20.3 Å². The molecule has 0 aromatic carbocycles. The molecule has 0 aliphatic carbocycles. The van der Waals surface area contributed by atoms with Crippen LogP contribution in [0.5, 0.6) is 0 Å².